The highest BCUT2D eigenvalue weighted by Crippen LogP contribution is 2.27. The Labute approximate surface area is 119 Å². The number of rotatable bonds is 1. The zero-order chi connectivity index (χ0) is 13.4. The Kier molecular flexibility index (Phi) is 3.11. The van der Waals surface area contributed by atoms with Gasteiger partial charge in [-0.25, -0.2) is 0 Å². The maximum Gasteiger partial charge on any atom is 0.262 e. The van der Waals surface area contributed by atoms with Gasteiger partial charge in [-0.15, -0.1) is 0 Å². The van der Waals surface area contributed by atoms with Gasteiger partial charge >= 0.3 is 0 Å². The summed E-state index contributed by atoms with van der Waals surface area (Å²) in [7, 11) is 0. The predicted molar refractivity (Wildman–Crippen MR) is 76.0 cm³/mol. The molecule has 0 saturated carbocycles. The molecule has 96 valence electrons. The lowest BCUT2D eigenvalue weighted by Gasteiger charge is -2.18. The van der Waals surface area contributed by atoms with E-state index in [-0.39, 0.29) is 16.5 Å². The van der Waals surface area contributed by atoms with E-state index in [0.29, 0.717) is 11.1 Å². The number of carbonyl (C=O) groups is 2. The summed E-state index contributed by atoms with van der Waals surface area (Å²) < 4.78 is 1.60. The molecule has 1 aliphatic rings. The molecule has 1 heterocycles. The van der Waals surface area contributed by atoms with Gasteiger partial charge in [-0.1, -0.05) is 34.1 Å². The lowest BCUT2D eigenvalue weighted by atomic mass is 9.96. The molecule has 0 bridgehead atoms. The second-order valence-electron chi connectivity index (χ2n) is 4.59. The molecule has 0 fully saturated rings. The number of nitrogens with zero attached hydrogens (tertiary/aromatic N) is 1. The molecule has 1 aliphatic carbocycles. The molecular formula is C15H12BrNO2. The van der Waals surface area contributed by atoms with Crippen LogP contribution >= 0.6 is 15.9 Å². The molecule has 3 nitrogen and oxygen atoms in total. The fourth-order valence-electron chi connectivity index (χ4n) is 2.42. The van der Waals surface area contributed by atoms with Gasteiger partial charge in [-0.2, -0.15) is 0 Å². The average molecular weight is 318 g/mol. The zero-order valence-electron chi connectivity index (χ0n) is 10.2. The summed E-state index contributed by atoms with van der Waals surface area (Å²) >= 11 is 3.37. The van der Waals surface area contributed by atoms with Gasteiger partial charge in [0.15, 0.2) is 5.78 Å². The van der Waals surface area contributed by atoms with E-state index in [1.54, 1.807) is 29.0 Å². The number of benzene rings is 1. The maximum absolute atomic E-state index is 12.4. The molecule has 0 radical (unpaired) electrons. The molecule has 19 heavy (non-hydrogen) atoms. The van der Waals surface area contributed by atoms with Crippen LogP contribution in [0.15, 0.2) is 42.6 Å². The van der Waals surface area contributed by atoms with Crippen LogP contribution in [0.25, 0.3) is 0 Å². The SMILES string of the molecule is O=C1c2ccn(C(=O)c3ccccc3)c2CC[C@H]1Br. The van der Waals surface area contributed by atoms with E-state index in [1.807, 2.05) is 18.2 Å². The third-order valence-corrected chi connectivity index (χ3v) is 4.29. The minimum Gasteiger partial charge on any atom is -0.293 e. The van der Waals surface area contributed by atoms with Gasteiger partial charge in [0, 0.05) is 23.0 Å². The van der Waals surface area contributed by atoms with Crippen LogP contribution in [0.3, 0.4) is 0 Å². The van der Waals surface area contributed by atoms with Crippen molar-refractivity contribution in [3.63, 3.8) is 0 Å². The Bertz CT molecular complexity index is 645. The standard InChI is InChI=1S/C15H12BrNO2/c16-12-6-7-13-11(14(12)18)8-9-17(13)15(19)10-4-2-1-3-5-10/h1-5,8-9,12H,6-7H2/t12-/m1/s1. The van der Waals surface area contributed by atoms with Gasteiger partial charge in [-0.3, -0.25) is 14.2 Å². The maximum atomic E-state index is 12.4. The molecule has 0 spiro atoms. The van der Waals surface area contributed by atoms with Gasteiger partial charge in [0.25, 0.3) is 5.91 Å². The number of ketones is 1. The van der Waals surface area contributed by atoms with Crippen molar-refractivity contribution in [2.75, 3.05) is 0 Å². The molecule has 1 aromatic carbocycles. The van der Waals surface area contributed by atoms with Crippen LogP contribution in [0.2, 0.25) is 0 Å². The lowest BCUT2D eigenvalue weighted by Crippen LogP contribution is -2.25. The molecule has 0 aliphatic heterocycles. The molecular weight excluding hydrogens is 306 g/mol. The number of hydrogen-bond acceptors (Lipinski definition) is 2. The normalized spacial score (nSPS) is 18.2. The van der Waals surface area contributed by atoms with Crippen molar-refractivity contribution in [3.8, 4) is 0 Å². The minimum atomic E-state index is -0.123. The van der Waals surface area contributed by atoms with E-state index < -0.39 is 0 Å². The van der Waals surface area contributed by atoms with E-state index in [9.17, 15) is 9.59 Å². The van der Waals surface area contributed by atoms with Crippen molar-refractivity contribution >= 4 is 27.6 Å². The van der Waals surface area contributed by atoms with E-state index in [0.717, 1.165) is 18.5 Å². The van der Waals surface area contributed by atoms with E-state index >= 15 is 0 Å². The predicted octanol–water partition coefficient (Wildman–Crippen LogP) is 3.07. The van der Waals surface area contributed by atoms with E-state index in [1.165, 1.54) is 0 Å². The van der Waals surface area contributed by atoms with Crippen molar-refractivity contribution in [3.05, 3.63) is 59.4 Å². The Morgan fingerprint density at radius 2 is 1.95 bits per heavy atom. The van der Waals surface area contributed by atoms with Crippen molar-refractivity contribution in [1.82, 2.24) is 4.57 Å². The van der Waals surface area contributed by atoms with Gasteiger partial charge in [0.1, 0.15) is 0 Å². The lowest BCUT2D eigenvalue weighted by molar-refractivity contribution is 0.0954. The number of halogens is 1. The molecule has 0 saturated heterocycles. The second kappa shape index (κ2) is 4.78. The first-order valence-corrected chi connectivity index (χ1v) is 7.08. The molecule has 1 aromatic heterocycles. The van der Waals surface area contributed by atoms with Crippen molar-refractivity contribution in [1.29, 1.82) is 0 Å². The van der Waals surface area contributed by atoms with E-state index in [2.05, 4.69) is 15.9 Å². The van der Waals surface area contributed by atoms with Crippen molar-refractivity contribution in [2.24, 2.45) is 0 Å². The molecule has 4 heteroatoms. The van der Waals surface area contributed by atoms with Crippen molar-refractivity contribution < 1.29 is 9.59 Å². The third kappa shape index (κ3) is 2.06. The van der Waals surface area contributed by atoms with Crippen LogP contribution in [-0.4, -0.2) is 21.1 Å². The summed E-state index contributed by atoms with van der Waals surface area (Å²) in [6.07, 6.45) is 3.17. The summed E-state index contributed by atoms with van der Waals surface area (Å²) in [4.78, 5) is 24.3. The Morgan fingerprint density at radius 1 is 1.21 bits per heavy atom. The van der Waals surface area contributed by atoms with Crippen LogP contribution in [0.1, 0.15) is 32.8 Å². The van der Waals surface area contributed by atoms with Gasteiger partial charge in [0.2, 0.25) is 0 Å². The Hall–Kier alpha value is -1.68. The number of carbonyl (C=O) groups excluding carboxylic acids is 2. The summed E-state index contributed by atoms with van der Waals surface area (Å²) in [6, 6.07) is 10.9. The zero-order valence-corrected chi connectivity index (χ0v) is 11.8. The number of hydrogen-bond donors (Lipinski definition) is 0. The summed E-state index contributed by atoms with van der Waals surface area (Å²) in [5.41, 5.74) is 2.13. The molecule has 3 rings (SSSR count). The first-order valence-electron chi connectivity index (χ1n) is 6.17. The van der Waals surface area contributed by atoms with Crippen LogP contribution in [0.5, 0.6) is 0 Å². The fourth-order valence-corrected chi connectivity index (χ4v) is 2.89. The highest BCUT2D eigenvalue weighted by molar-refractivity contribution is 9.10. The number of Topliss-reactive ketones (excluding diaryl/α,β-unsaturated/α-hetero) is 1. The molecule has 0 unspecified atom stereocenters. The largest absolute Gasteiger partial charge is 0.293 e. The first kappa shape index (κ1) is 12.4. The van der Waals surface area contributed by atoms with E-state index in [4.69, 9.17) is 0 Å². The first-order chi connectivity index (χ1) is 9.18. The molecule has 2 aromatic rings. The Balaban J connectivity index is 2.02. The number of aromatic nitrogens is 1. The Morgan fingerprint density at radius 3 is 2.68 bits per heavy atom. The quantitative estimate of drug-likeness (QED) is 0.758. The molecule has 1 atom stereocenters. The highest BCUT2D eigenvalue weighted by atomic mass is 79.9. The average Bonchev–Trinajstić information content (AvgIpc) is 2.87. The monoisotopic (exact) mass is 317 g/mol. The highest BCUT2D eigenvalue weighted by Gasteiger charge is 2.29. The number of alkyl halides is 1. The number of fused-ring (bicyclic) bond motifs is 1. The van der Waals surface area contributed by atoms with Crippen LogP contribution in [0.4, 0.5) is 0 Å². The second-order valence-corrected chi connectivity index (χ2v) is 5.69. The minimum absolute atomic E-state index is 0.0702. The molecule has 0 amide bonds. The summed E-state index contributed by atoms with van der Waals surface area (Å²) in [5, 5.41) is 0. The van der Waals surface area contributed by atoms with Gasteiger partial charge in [-0.05, 0) is 31.0 Å². The van der Waals surface area contributed by atoms with Crippen LogP contribution < -0.4 is 0 Å². The van der Waals surface area contributed by atoms with Crippen LogP contribution in [0, 0.1) is 0 Å². The van der Waals surface area contributed by atoms with Crippen molar-refractivity contribution in [2.45, 2.75) is 17.7 Å². The smallest absolute Gasteiger partial charge is 0.262 e. The summed E-state index contributed by atoms with van der Waals surface area (Å²) in [5.74, 6) is -0.0106. The third-order valence-electron chi connectivity index (χ3n) is 3.42. The van der Waals surface area contributed by atoms with Gasteiger partial charge in [0.05, 0.1) is 4.83 Å². The van der Waals surface area contributed by atoms with Gasteiger partial charge < -0.3 is 0 Å². The topological polar surface area (TPSA) is 39.1 Å². The summed E-state index contributed by atoms with van der Waals surface area (Å²) in [6.45, 7) is 0. The molecule has 0 N–H and O–H groups in total. The van der Waals surface area contributed by atoms with Crippen LogP contribution in [-0.2, 0) is 6.42 Å². The fraction of sp³-hybridized carbons (Fsp3) is 0.200.